The first-order valence-electron chi connectivity index (χ1n) is 6.73. The number of nitrogen functional groups attached to an aromatic ring is 1. The molecule has 0 saturated carbocycles. The van der Waals surface area contributed by atoms with E-state index in [0.29, 0.717) is 5.92 Å². The molecule has 0 bridgehead atoms. The molecule has 1 aromatic rings. The van der Waals surface area contributed by atoms with Crippen molar-refractivity contribution in [2.24, 2.45) is 5.92 Å². The smallest absolute Gasteiger partial charge is 0.0316 e. The number of hydrogen-bond donors (Lipinski definition) is 1. The van der Waals surface area contributed by atoms with Crippen molar-refractivity contribution >= 4 is 5.69 Å². The molecule has 94 valence electrons. The molecule has 1 aromatic carbocycles. The molecular weight excluding hydrogens is 208 g/mol. The van der Waals surface area contributed by atoms with Crippen LogP contribution in [0.3, 0.4) is 0 Å². The van der Waals surface area contributed by atoms with Gasteiger partial charge in [-0.3, -0.25) is 0 Å². The molecule has 2 rings (SSSR count). The SMILES string of the molecule is CC(C)CCN1CCC(c2cccc(N)c2)C1. The van der Waals surface area contributed by atoms with Crippen molar-refractivity contribution in [1.82, 2.24) is 4.90 Å². The van der Waals surface area contributed by atoms with E-state index in [-0.39, 0.29) is 0 Å². The molecule has 1 heterocycles. The predicted molar refractivity (Wildman–Crippen MR) is 74.1 cm³/mol. The molecule has 1 unspecified atom stereocenters. The summed E-state index contributed by atoms with van der Waals surface area (Å²) in [6.07, 6.45) is 2.59. The zero-order valence-corrected chi connectivity index (χ0v) is 11.0. The first-order chi connectivity index (χ1) is 8.15. The standard InChI is InChI=1S/C15H24N2/c1-12(2)6-8-17-9-7-14(11-17)13-4-3-5-15(16)10-13/h3-5,10,12,14H,6-9,11,16H2,1-2H3. The van der Waals surface area contributed by atoms with Crippen LogP contribution in [0.4, 0.5) is 5.69 Å². The molecule has 0 spiro atoms. The molecule has 2 heteroatoms. The Hall–Kier alpha value is -1.02. The highest BCUT2D eigenvalue weighted by Crippen LogP contribution is 2.28. The lowest BCUT2D eigenvalue weighted by atomic mass is 9.98. The summed E-state index contributed by atoms with van der Waals surface area (Å²) in [7, 11) is 0. The van der Waals surface area contributed by atoms with Crippen molar-refractivity contribution in [2.75, 3.05) is 25.4 Å². The van der Waals surface area contributed by atoms with Crippen molar-refractivity contribution in [3.05, 3.63) is 29.8 Å². The van der Waals surface area contributed by atoms with Gasteiger partial charge in [-0.25, -0.2) is 0 Å². The van der Waals surface area contributed by atoms with E-state index < -0.39 is 0 Å². The summed E-state index contributed by atoms with van der Waals surface area (Å²) >= 11 is 0. The van der Waals surface area contributed by atoms with Crippen LogP contribution in [0.5, 0.6) is 0 Å². The minimum atomic E-state index is 0.686. The van der Waals surface area contributed by atoms with Gasteiger partial charge in [-0.1, -0.05) is 26.0 Å². The van der Waals surface area contributed by atoms with Crippen molar-refractivity contribution in [3.63, 3.8) is 0 Å². The average Bonchev–Trinajstić information content (AvgIpc) is 2.75. The summed E-state index contributed by atoms with van der Waals surface area (Å²) in [6, 6.07) is 8.39. The Bertz CT molecular complexity index is 360. The molecule has 1 saturated heterocycles. The third-order valence-electron chi connectivity index (χ3n) is 3.68. The maximum Gasteiger partial charge on any atom is 0.0316 e. The summed E-state index contributed by atoms with van der Waals surface area (Å²) in [5, 5.41) is 0. The van der Waals surface area contributed by atoms with Crippen LogP contribution in [0.25, 0.3) is 0 Å². The monoisotopic (exact) mass is 232 g/mol. The molecule has 2 N–H and O–H groups in total. The van der Waals surface area contributed by atoms with Gasteiger partial charge in [0.1, 0.15) is 0 Å². The van der Waals surface area contributed by atoms with Gasteiger partial charge in [-0.2, -0.15) is 0 Å². The molecule has 0 aromatic heterocycles. The molecule has 0 aliphatic carbocycles. The second-order valence-electron chi connectivity index (χ2n) is 5.64. The Morgan fingerprint density at radius 1 is 1.41 bits per heavy atom. The third-order valence-corrected chi connectivity index (χ3v) is 3.68. The van der Waals surface area contributed by atoms with E-state index in [1.165, 1.54) is 38.0 Å². The first-order valence-corrected chi connectivity index (χ1v) is 6.73. The summed E-state index contributed by atoms with van der Waals surface area (Å²) in [4.78, 5) is 2.59. The Kier molecular flexibility index (Phi) is 4.06. The van der Waals surface area contributed by atoms with Gasteiger partial charge < -0.3 is 10.6 Å². The van der Waals surface area contributed by atoms with E-state index in [1.54, 1.807) is 0 Å². The van der Waals surface area contributed by atoms with E-state index in [2.05, 4.69) is 36.9 Å². The zero-order chi connectivity index (χ0) is 12.3. The van der Waals surface area contributed by atoms with E-state index in [0.717, 1.165) is 11.6 Å². The predicted octanol–water partition coefficient (Wildman–Crippen LogP) is 3.10. The lowest BCUT2D eigenvalue weighted by Crippen LogP contribution is -2.22. The topological polar surface area (TPSA) is 29.3 Å². The summed E-state index contributed by atoms with van der Waals surface area (Å²) in [5.74, 6) is 1.49. The number of benzene rings is 1. The van der Waals surface area contributed by atoms with Crippen LogP contribution in [0.15, 0.2) is 24.3 Å². The highest BCUT2D eigenvalue weighted by atomic mass is 15.1. The Balaban J connectivity index is 1.89. The molecular formula is C15H24N2. The fraction of sp³-hybridized carbons (Fsp3) is 0.600. The quantitative estimate of drug-likeness (QED) is 0.808. The van der Waals surface area contributed by atoms with Gasteiger partial charge in [0, 0.05) is 12.2 Å². The number of nitrogens with two attached hydrogens (primary N) is 1. The van der Waals surface area contributed by atoms with Gasteiger partial charge in [0.2, 0.25) is 0 Å². The molecule has 0 radical (unpaired) electrons. The first kappa shape index (κ1) is 12.4. The van der Waals surface area contributed by atoms with Crippen LogP contribution in [0, 0.1) is 5.92 Å². The molecule has 0 amide bonds. The van der Waals surface area contributed by atoms with Crippen LogP contribution in [0.2, 0.25) is 0 Å². The Morgan fingerprint density at radius 2 is 2.24 bits per heavy atom. The van der Waals surface area contributed by atoms with E-state index in [9.17, 15) is 0 Å². The van der Waals surface area contributed by atoms with Gasteiger partial charge in [-0.15, -0.1) is 0 Å². The fourth-order valence-electron chi connectivity index (χ4n) is 2.56. The highest BCUT2D eigenvalue weighted by Gasteiger charge is 2.23. The molecule has 1 atom stereocenters. The van der Waals surface area contributed by atoms with Crippen molar-refractivity contribution < 1.29 is 0 Å². The number of nitrogens with zero attached hydrogens (tertiary/aromatic N) is 1. The number of anilines is 1. The van der Waals surface area contributed by atoms with Crippen LogP contribution in [-0.2, 0) is 0 Å². The van der Waals surface area contributed by atoms with Gasteiger partial charge in [-0.05, 0) is 55.5 Å². The largest absolute Gasteiger partial charge is 0.399 e. The van der Waals surface area contributed by atoms with Crippen molar-refractivity contribution in [1.29, 1.82) is 0 Å². The van der Waals surface area contributed by atoms with Crippen LogP contribution in [0.1, 0.15) is 38.2 Å². The normalized spacial score (nSPS) is 21.2. The van der Waals surface area contributed by atoms with Gasteiger partial charge >= 0.3 is 0 Å². The van der Waals surface area contributed by atoms with E-state index in [4.69, 9.17) is 5.73 Å². The van der Waals surface area contributed by atoms with E-state index in [1.807, 2.05) is 6.07 Å². The summed E-state index contributed by atoms with van der Waals surface area (Å²) < 4.78 is 0. The highest BCUT2D eigenvalue weighted by molar-refractivity contribution is 5.42. The average molecular weight is 232 g/mol. The van der Waals surface area contributed by atoms with Gasteiger partial charge in [0.25, 0.3) is 0 Å². The minimum Gasteiger partial charge on any atom is -0.399 e. The summed E-state index contributed by atoms with van der Waals surface area (Å²) in [6.45, 7) is 8.29. The molecule has 1 fully saturated rings. The van der Waals surface area contributed by atoms with Crippen LogP contribution < -0.4 is 5.73 Å². The number of rotatable bonds is 4. The van der Waals surface area contributed by atoms with Gasteiger partial charge in [0.05, 0.1) is 0 Å². The van der Waals surface area contributed by atoms with Gasteiger partial charge in [0.15, 0.2) is 0 Å². The Labute approximate surface area is 105 Å². The number of likely N-dealkylation sites (tertiary alicyclic amines) is 1. The van der Waals surface area contributed by atoms with Crippen molar-refractivity contribution in [3.8, 4) is 0 Å². The molecule has 2 nitrogen and oxygen atoms in total. The zero-order valence-electron chi connectivity index (χ0n) is 11.0. The van der Waals surface area contributed by atoms with E-state index >= 15 is 0 Å². The maximum absolute atomic E-state index is 5.85. The lowest BCUT2D eigenvalue weighted by Gasteiger charge is -2.17. The second-order valence-corrected chi connectivity index (χ2v) is 5.64. The van der Waals surface area contributed by atoms with Crippen LogP contribution >= 0.6 is 0 Å². The van der Waals surface area contributed by atoms with Crippen molar-refractivity contribution in [2.45, 2.75) is 32.6 Å². The molecule has 1 aliphatic rings. The minimum absolute atomic E-state index is 0.686. The molecule has 17 heavy (non-hydrogen) atoms. The second kappa shape index (κ2) is 5.54. The Morgan fingerprint density at radius 3 is 2.94 bits per heavy atom. The molecule has 1 aliphatic heterocycles. The third kappa shape index (κ3) is 3.47. The summed E-state index contributed by atoms with van der Waals surface area (Å²) in [5.41, 5.74) is 8.15. The lowest BCUT2D eigenvalue weighted by molar-refractivity contribution is 0.310. The van der Waals surface area contributed by atoms with Crippen LogP contribution in [-0.4, -0.2) is 24.5 Å². The number of hydrogen-bond acceptors (Lipinski definition) is 2. The fourth-order valence-corrected chi connectivity index (χ4v) is 2.56. The maximum atomic E-state index is 5.85.